The molecule has 0 spiro atoms. The molecule has 0 radical (unpaired) electrons. The number of hydrogen-bond donors (Lipinski definition) is 1. The van der Waals surface area contributed by atoms with Crippen molar-refractivity contribution in [3.05, 3.63) is 59.7 Å². The lowest BCUT2D eigenvalue weighted by Gasteiger charge is -2.22. The summed E-state index contributed by atoms with van der Waals surface area (Å²) in [6.45, 7) is 2.41. The van der Waals surface area contributed by atoms with Crippen molar-refractivity contribution in [3.63, 3.8) is 0 Å². The molecule has 1 N–H and O–H groups in total. The highest BCUT2D eigenvalue weighted by molar-refractivity contribution is 5.92. The first-order valence-corrected chi connectivity index (χ1v) is 8.58. The average Bonchev–Trinajstić information content (AvgIpc) is 3.05. The van der Waals surface area contributed by atoms with Gasteiger partial charge in [0.25, 0.3) is 5.91 Å². The van der Waals surface area contributed by atoms with Crippen LogP contribution in [0.2, 0.25) is 0 Å². The van der Waals surface area contributed by atoms with E-state index in [2.05, 4.69) is 4.98 Å². The summed E-state index contributed by atoms with van der Waals surface area (Å²) in [6, 6.07) is 9.81. The van der Waals surface area contributed by atoms with E-state index < -0.39 is 0 Å². The average molecular weight is 343 g/mol. The molecule has 25 heavy (non-hydrogen) atoms. The second-order valence-electron chi connectivity index (χ2n) is 6.24. The molecule has 132 valence electrons. The second-order valence-corrected chi connectivity index (χ2v) is 6.24. The van der Waals surface area contributed by atoms with E-state index in [1.807, 2.05) is 4.90 Å². The Kier molecular flexibility index (Phi) is 5.48. The van der Waals surface area contributed by atoms with Gasteiger partial charge in [-0.1, -0.05) is 12.1 Å². The number of nitrogens with zero attached hydrogens (tertiary/aromatic N) is 2. The first-order valence-electron chi connectivity index (χ1n) is 8.58. The summed E-state index contributed by atoms with van der Waals surface area (Å²) in [4.78, 5) is 31.4. The maximum Gasteiger partial charge on any atom is 0.270 e. The number of H-pyrrole nitrogens is 1. The number of aromatic nitrogens is 1. The van der Waals surface area contributed by atoms with Gasteiger partial charge in [0.2, 0.25) is 5.91 Å². The van der Waals surface area contributed by atoms with Crippen LogP contribution in [0.4, 0.5) is 4.39 Å². The maximum atomic E-state index is 12.9. The third-order valence-corrected chi connectivity index (χ3v) is 4.50. The van der Waals surface area contributed by atoms with Gasteiger partial charge in [-0.2, -0.15) is 0 Å². The molecule has 2 amide bonds. The van der Waals surface area contributed by atoms with E-state index in [1.165, 1.54) is 12.1 Å². The molecule has 3 rings (SSSR count). The third-order valence-electron chi connectivity index (χ3n) is 4.50. The maximum absolute atomic E-state index is 12.9. The molecular weight excluding hydrogens is 321 g/mol. The molecule has 1 aromatic heterocycles. The van der Waals surface area contributed by atoms with Crippen molar-refractivity contribution in [1.82, 2.24) is 14.8 Å². The minimum absolute atomic E-state index is 0.0226. The van der Waals surface area contributed by atoms with E-state index >= 15 is 0 Å². The number of aryl methyl sites for hydroxylation is 1. The summed E-state index contributed by atoms with van der Waals surface area (Å²) >= 11 is 0. The van der Waals surface area contributed by atoms with Gasteiger partial charge in [-0.3, -0.25) is 9.59 Å². The Hall–Kier alpha value is -2.63. The molecule has 0 bridgehead atoms. The number of benzene rings is 1. The number of carbonyl (C=O) groups is 2. The zero-order valence-electron chi connectivity index (χ0n) is 14.1. The number of rotatable bonds is 4. The molecule has 6 heteroatoms. The number of hydrogen-bond acceptors (Lipinski definition) is 2. The SMILES string of the molecule is O=C(CCc1ccc(F)cc1)N1CCCN(C(=O)c2ccc[nH]2)CC1. The number of halogens is 1. The van der Waals surface area contributed by atoms with Crippen molar-refractivity contribution in [3.8, 4) is 0 Å². The summed E-state index contributed by atoms with van der Waals surface area (Å²) in [6.07, 6.45) is 3.50. The van der Waals surface area contributed by atoms with E-state index in [0.717, 1.165) is 12.0 Å². The number of aromatic amines is 1. The number of nitrogens with one attached hydrogen (secondary N) is 1. The van der Waals surface area contributed by atoms with Crippen molar-refractivity contribution < 1.29 is 14.0 Å². The Morgan fingerprint density at radius 3 is 2.44 bits per heavy atom. The van der Waals surface area contributed by atoms with Crippen molar-refractivity contribution in [2.75, 3.05) is 26.2 Å². The predicted octanol–water partition coefficient (Wildman–Crippen LogP) is 2.46. The lowest BCUT2D eigenvalue weighted by molar-refractivity contribution is -0.131. The van der Waals surface area contributed by atoms with Crippen LogP contribution < -0.4 is 0 Å². The molecule has 2 aromatic rings. The fourth-order valence-corrected chi connectivity index (χ4v) is 3.06. The minimum Gasteiger partial charge on any atom is -0.357 e. The molecular formula is C19H22FN3O2. The van der Waals surface area contributed by atoms with Crippen LogP contribution in [0.25, 0.3) is 0 Å². The van der Waals surface area contributed by atoms with E-state index in [-0.39, 0.29) is 17.6 Å². The van der Waals surface area contributed by atoms with Crippen LogP contribution in [-0.4, -0.2) is 52.8 Å². The zero-order chi connectivity index (χ0) is 17.6. The Bertz CT molecular complexity index is 713. The van der Waals surface area contributed by atoms with E-state index in [0.29, 0.717) is 44.7 Å². The monoisotopic (exact) mass is 343 g/mol. The molecule has 1 aliphatic heterocycles. The van der Waals surface area contributed by atoms with Gasteiger partial charge >= 0.3 is 0 Å². The van der Waals surface area contributed by atoms with Crippen LogP contribution in [-0.2, 0) is 11.2 Å². The minimum atomic E-state index is -0.269. The highest BCUT2D eigenvalue weighted by Gasteiger charge is 2.22. The summed E-state index contributed by atoms with van der Waals surface area (Å²) < 4.78 is 12.9. The lowest BCUT2D eigenvalue weighted by atomic mass is 10.1. The molecule has 1 fully saturated rings. The number of amides is 2. The highest BCUT2D eigenvalue weighted by atomic mass is 19.1. The molecule has 2 heterocycles. The molecule has 1 aromatic carbocycles. The summed E-state index contributed by atoms with van der Waals surface area (Å²) in [7, 11) is 0. The molecule has 0 atom stereocenters. The standard InChI is InChI=1S/C19H22FN3O2/c20-16-7-4-15(5-8-16)6-9-18(24)22-11-2-12-23(14-13-22)19(25)17-3-1-10-21-17/h1,3-5,7-8,10,21H,2,6,9,11-14H2. The van der Waals surface area contributed by atoms with Crippen LogP contribution in [0.5, 0.6) is 0 Å². The van der Waals surface area contributed by atoms with E-state index in [4.69, 9.17) is 0 Å². The second kappa shape index (κ2) is 7.96. The van der Waals surface area contributed by atoms with Gasteiger partial charge in [0, 0.05) is 38.8 Å². The fourth-order valence-electron chi connectivity index (χ4n) is 3.06. The molecule has 0 saturated carbocycles. The normalized spacial score (nSPS) is 15.1. The Morgan fingerprint density at radius 2 is 1.72 bits per heavy atom. The van der Waals surface area contributed by atoms with E-state index in [9.17, 15) is 14.0 Å². The topological polar surface area (TPSA) is 56.4 Å². The molecule has 5 nitrogen and oxygen atoms in total. The van der Waals surface area contributed by atoms with Crippen molar-refractivity contribution in [2.45, 2.75) is 19.3 Å². The van der Waals surface area contributed by atoms with Crippen LogP contribution in [0.1, 0.15) is 28.9 Å². The highest BCUT2D eigenvalue weighted by Crippen LogP contribution is 2.11. The van der Waals surface area contributed by atoms with Crippen LogP contribution in [0.15, 0.2) is 42.6 Å². The van der Waals surface area contributed by atoms with Crippen LogP contribution >= 0.6 is 0 Å². The fraction of sp³-hybridized carbons (Fsp3) is 0.368. The molecule has 1 aliphatic rings. The third kappa shape index (κ3) is 4.47. The molecule has 0 aliphatic carbocycles. The lowest BCUT2D eigenvalue weighted by Crippen LogP contribution is -2.37. The van der Waals surface area contributed by atoms with Crippen molar-refractivity contribution >= 4 is 11.8 Å². The molecule has 0 unspecified atom stereocenters. The smallest absolute Gasteiger partial charge is 0.270 e. The predicted molar refractivity (Wildman–Crippen MR) is 92.6 cm³/mol. The van der Waals surface area contributed by atoms with E-state index in [1.54, 1.807) is 35.4 Å². The van der Waals surface area contributed by atoms with Gasteiger partial charge in [0.1, 0.15) is 11.5 Å². The Labute approximate surface area is 146 Å². The quantitative estimate of drug-likeness (QED) is 0.927. The number of carbonyl (C=O) groups excluding carboxylic acids is 2. The van der Waals surface area contributed by atoms with Gasteiger partial charge in [-0.15, -0.1) is 0 Å². The molecule has 1 saturated heterocycles. The van der Waals surface area contributed by atoms with Crippen molar-refractivity contribution in [1.29, 1.82) is 0 Å². The summed E-state index contributed by atoms with van der Waals surface area (Å²) in [5.41, 5.74) is 1.53. The Balaban J connectivity index is 1.51. The van der Waals surface area contributed by atoms with Gasteiger partial charge in [0.15, 0.2) is 0 Å². The van der Waals surface area contributed by atoms with Gasteiger partial charge in [0.05, 0.1) is 0 Å². The first kappa shape index (κ1) is 17.2. The van der Waals surface area contributed by atoms with Gasteiger partial charge in [-0.25, -0.2) is 4.39 Å². The van der Waals surface area contributed by atoms with Gasteiger partial charge < -0.3 is 14.8 Å². The first-order chi connectivity index (χ1) is 12.1. The van der Waals surface area contributed by atoms with Crippen LogP contribution in [0.3, 0.4) is 0 Å². The summed E-state index contributed by atoms with van der Waals surface area (Å²) in [5.74, 6) is -0.210. The van der Waals surface area contributed by atoms with Crippen molar-refractivity contribution in [2.24, 2.45) is 0 Å². The zero-order valence-corrected chi connectivity index (χ0v) is 14.1. The van der Waals surface area contributed by atoms with Gasteiger partial charge in [-0.05, 0) is 42.7 Å². The Morgan fingerprint density at radius 1 is 1.00 bits per heavy atom. The van der Waals surface area contributed by atoms with Crippen LogP contribution in [0, 0.1) is 5.82 Å². The largest absolute Gasteiger partial charge is 0.357 e. The summed E-state index contributed by atoms with van der Waals surface area (Å²) in [5, 5.41) is 0.